The Kier molecular flexibility index (Phi) is 5.05. The molecule has 0 spiro atoms. The number of hydrogen-bond acceptors (Lipinski definition) is 5. The number of aromatic amines is 1. The van der Waals surface area contributed by atoms with E-state index in [-0.39, 0.29) is 10.8 Å². The predicted octanol–water partition coefficient (Wildman–Crippen LogP) is 0.203. The summed E-state index contributed by atoms with van der Waals surface area (Å²) in [7, 11) is -3.58. The lowest BCUT2D eigenvalue weighted by Crippen LogP contribution is -2.49. The summed E-state index contributed by atoms with van der Waals surface area (Å²) in [5, 5.41) is 0. The molecule has 1 aliphatic carbocycles. The number of aromatic nitrogens is 1. The van der Waals surface area contributed by atoms with Gasteiger partial charge < -0.3 is 14.6 Å². The summed E-state index contributed by atoms with van der Waals surface area (Å²) in [6.45, 7) is 5.81. The number of H-pyrrole nitrogens is 1. The Morgan fingerprint density at radius 3 is 2.46 bits per heavy atom. The average molecular weight is 382 g/mol. The molecule has 3 heterocycles. The molecule has 0 aromatic carbocycles. The van der Waals surface area contributed by atoms with Gasteiger partial charge >= 0.3 is 0 Å². The minimum atomic E-state index is -3.58. The molecular formula is C17H26N4O4S. The SMILES string of the molecule is O=C(c1cc(S(=O)(=O)N2CCOCC2)c[nH]1)N1CCN(CC2CC2)CC1. The van der Waals surface area contributed by atoms with Crippen LogP contribution in [-0.2, 0) is 14.8 Å². The fraction of sp³-hybridized carbons (Fsp3) is 0.706. The van der Waals surface area contributed by atoms with Crippen LogP contribution in [0.3, 0.4) is 0 Å². The third kappa shape index (κ3) is 3.80. The van der Waals surface area contributed by atoms with Gasteiger partial charge in [0.2, 0.25) is 10.0 Å². The molecule has 9 heteroatoms. The molecule has 1 aromatic rings. The lowest BCUT2D eigenvalue weighted by atomic mass is 10.2. The van der Waals surface area contributed by atoms with Gasteiger partial charge in [-0.05, 0) is 24.8 Å². The van der Waals surface area contributed by atoms with E-state index >= 15 is 0 Å². The van der Waals surface area contributed by atoms with Gasteiger partial charge in [-0.15, -0.1) is 0 Å². The highest BCUT2D eigenvalue weighted by atomic mass is 32.2. The largest absolute Gasteiger partial charge is 0.379 e. The maximum atomic E-state index is 12.7. The van der Waals surface area contributed by atoms with Crippen LogP contribution in [0.5, 0.6) is 0 Å². The highest BCUT2D eigenvalue weighted by Gasteiger charge is 2.30. The smallest absolute Gasteiger partial charge is 0.270 e. The van der Waals surface area contributed by atoms with E-state index in [0.29, 0.717) is 45.1 Å². The third-order valence-corrected chi connectivity index (χ3v) is 7.24. The fourth-order valence-corrected chi connectivity index (χ4v) is 4.95. The van der Waals surface area contributed by atoms with Crippen molar-refractivity contribution in [3.8, 4) is 0 Å². The molecule has 144 valence electrons. The van der Waals surface area contributed by atoms with Crippen LogP contribution >= 0.6 is 0 Å². The topological polar surface area (TPSA) is 85.9 Å². The van der Waals surface area contributed by atoms with Crippen molar-refractivity contribution < 1.29 is 17.9 Å². The summed E-state index contributed by atoms with van der Waals surface area (Å²) in [5.74, 6) is 0.730. The number of piperazine rings is 1. The van der Waals surface area contributed by atoms with Crippen molar-refractivity contribution in [3.05, 3.63) is 18.0 Å². The van der Waals surface area contributed by atoms with E-state index in [1.54, 1.807) is 4.90 Å². The van der Waals surface area contributed by atoms with Crippen molar-refractivity contribution in [1.29, 1.82) is 0 Å². The van der Waals surface area contributed by atoms with Crippen LogP contribution in [0, 0.1) is 5.92 Å². The Morgan fingerprint density at radius 2 is 1.81 bits per heavy atom. The maximum absolute atomic E-state index is 12.7. The fourth-order valence-electron chi connectivity index (χ4n) is 3.55. The first-order valence-corrected chi connectivity index (χ1v) is 10.8. The summed E-state index contributed by atoms with van der Waals surface area (Å²) in [6, 6.07) is 1.46. The summed E-state index contributed by atoms with van der Waals surface area (Å²) >= 11 is 0. The van der Waals surface area contributed by atoms with Crippen molar-refractivity contribution in [1.82, 2.24) is 19.1 Å². The first-order valence-electron chi connectivity index (χ1n) is 9.32. The Hall–Kier alpha value is -1.42. The monoisotopic (exact) mass is 382 g/mol. The molecular weight excluding hydrogens is 356 g/mol. The second-order valence-electron chi connectivity index (χ2n) is 7.30. The van der Waals surface area contributed by atoms with E-state index in [9.17, 15) is 13.2 Å². The number of ether oxygens (including phenoxy) is 1. The predicted molar refractivity (Wildman–Crippen MR) is 95.4 cm³/mol. The summed E-state index contributed by atoms with van der Waals surface area (Å²) in [4.78, 5) is 19.9. The van der Waals surface area contributed by atoms with Gasteiger partial charge in [0, 0.05) is 52.0 Å². The molecule has 1 N–H and O–H groups in total. The highest BCUT2D eigenvalue weighted by Crippen LogP contribution is 2.30. The number of hydrogen-bond donors (Lipinski definition) is 1. The molecule has 0 radical (unpaired) electrons. The second kappa shape index (κ2) is 7.30. The standard InChI is InChI=1S/C17H26N4O4S/c22-17(20-5-3-19(4-6-20)13-14-1-2-14)16-11-15(12-18-16)26(23,24)21-7-9-25-10-8-21/h11-12,14,18H,1-10,13H2. The van der Waals surface area contributed by atoms with Gasteiger partial charge in [0.15, 0.2) is 0 Å². The van der Waals surface area contributed by atoms with Gasteiger partial charge in [-0.1, -0.05) is 0 Å². The van der Waals surface area contributed by atoms with Gasteiger partial charge in [-0.25, -0.2) is 8.42 Å². The molecule has 0 unspecified atom stereocenters. The van der Waals surface area contributed by atoms with Gasteiger partial charge in [0.05, 0.1) is 13.2 Å². The summed E-state index contributed by atoms with van der Waals surface area (Å²) < 4.78 is 32.0. The van der Waals surface area contributed by atoms with Gasteiger partial charge in [-0.3, -0.25) is 9.69 Å². The minimum absolute atomic E-state index is 0.125. The van der Waals surface area contributed by atoms with E-state index < -0.39 is 10.0 Å². The molecule has 0 bridgehead atoms. The van der Waals surface area contributed by atoms with E-state index in [0.717, 1.165) is 25.6 Å². The van der Waals surface area contributed by atoms with E-state index in [1.807, 2.05) is 0 Å². The van der Waals surface area contributed by atoms with E-state index in [2.05, 4.69) is 9.88 Å². The normalized spacial score (nSPS) is 23.3. The van der Waals surface area contributed by atoms with Crippen molar-refractivity contribution in [2.24, 2.45) is 5.92 Å². The number of carbonyl (C=O) groups excluding carboxylic acids is 1. The van der Waals surface area contributed by atoms with Gasteiger partial charge in [0.25, 0.3) is 5.91 Å². The molecule has 2 saturated heterocycles. The maximum Gasteiger partial charge on any atom is 0.270 e. The average Bonchev–Trinajstić information content (AvgIpc) is 3.33. The lowest BCUT2D eigenvalue weighted by molar-refractivity contribution is 0.0627. The number of morpholine rings is 1. The number of nitrogens with one attached hydrogen (secondary N) is 1. The van der Waals surface area contributed by atoms with E-state index in [4.69, 9.17) is 4.74 Å². The Morgan fingerprint density at radius 1 is 1.12 bits per heavy atom. The number of amides is 1. The van der Waals surface area contributed by atoms with Crippen molar-refractivity contribution in [2.75, 3.05) is 59.0 Å². The highest BCUT2D eigenvalue weighted by molar-refractivity contribution is 7.89. The molecule has 0 atom stereocenters. The molecule has 8 nitrogen and oxygen atoms in total. The molecule has 1 amide bonds. The number of rotatable bonds is 5. The van der Waals surface area contributed by atoms with Crippen molar-refractivity contribution >= 4 is 15.9 Å². The van der Waals surface area contributed by atoms with Crippen LogP contribution in [0.25, 0.3) is 0 Å². The van der Waals surface area contributed by atoms with Crippen LogP contribution in [0.2, 0.25) is 0 Å². The van der Waals surface area contributed by atoms with Gasteiger partial charge in [-0.2, -0.15) is 4.31 Å². The quantitative estimate of drug-likeness (QED) is 0.787. The second-order valence-corrected chi connectivity index (χ2v) is 9.24. The lowest BCUT2D eigenvalue weighted by Gasteiger charge is -2.34. The molecule has 1 saturated carbocycles. The molecule has 4 rings (SSSR count). The van der Waals surface area contributed by atoms with Crippen LogP contribution in [0.15, 0.2) is 17.2 Å². The first-order chi connectivity index (χ1) is 12.5. The summed E-state index contributed by atoms with van der Waals surface area (Å²) in [6.07, 6.45) is 4.09. The van der Waals surface area contributed by atoms with Crippen LogP contribution in [0.1, 0.15) is 23.3 Å². The Labute approximate surface area is 154 Å². The zero-order valence-corrected chi connectivity index (χ0v) is 15.7. The minimum Gasteiger partial charge on any atom is -0.379 e. The molecule has 3 aliphatic rings. The van der Waals surface area contributed by atoms with Crippen LogP contribution in [-0.4, -0.2) is 92.4 Å². The zero-order chi connectivity index (χ0) is 18.1. The van der Waals surface area contributed by atoms with Crippen molar-refractivity contribution in [3.63, 3.8) is 0 Å². The Bertz CT molecular complexity index is 745. The van der Waals surface area contributed by atoms with Crippen LogP contribution in [0.4, 0.5) is 0 Å². The molecule has 26 heavy (non-hydrogen) atoms. The van der Waals surface area contributed by atoms with Gasteiger partial charge in [0.1, 0.15) is 10.6 Å². The zero-order valence-electron chi connectivity index (χ0n) is 14.9. The number of sulfonamides is 1. The van der Waals surface area contributed by atoms with Crippen LogP contribution < -0.4 is 0 Å². The summed E-state index contributed by atoms with van der Waals surface area (Å²) in [5.41, 5.74) is 0.340. The van der Waals surface area contributed by atoms with E-state index in [1.165, 1.54) is 29.4 Å². The molecule has 2 aliphatic heterocycles. The third-order valence-electron chi connectivity index (χ3n) is 5.37. The first kappa shape index (κ1) is 18.0. The molecule has 3 fully saturated rings. The van der Waals surface area contributed by atoms with Crippen molar-refractivity contribution in [2.45, 2.75) is 17.7 Å². The number of carbonyl (C=O) groups is 1. The number of nitrogens with zero attached hydrogens (tertiary/aromatic N) is 3. The Balaban J connectivity index is 1.38. The molecule has 1 aromatic heterocycles.